The van der Waals surface area contributed by atoms with E-state index in [0.717, 1.165) is 0 Å². The molecule has 0 bridgehead atoms. The van der Waals surface area contributed by atoms with E-state index in [1.165, 1.54) is 43.0 Å². The van der Waals surface area contributed by atoms with Gasteiger partial charge in [0.25, 0.3) is 5.69 Å². The smallest absolute Gasteiger partial charge is 0.356 e. The van der Waals surface area contributed by atoms with E-state index < -0.39 is 45.7 Å². The number of hydrogen-bond donors (Lipinski definition) is 2. The number of fused-ring (bicyclic) bond motifs is 1. The van der Waals surface area contributed by atoms with Gasteiger partial charge < -0.3 is 20.1 Å². The van der Waals surface area contributed by atoms with Crippen LogP contribution in [-0.2, 0) is 36.5 Å². The first-order valence-corrected chi connectivity index (χ1v) is 11.2. The Balaban J connectivity index is 1.76. The average molecular weight is 465 g/mol. The highest BCUT2D eigenvalue weighted by molar-refractivity contribution is 7.89. The fourth-order valence-electron chi connectivity index (χ4n) is 3.80. The van der Waals surface area contributed by atoms with Gasteiger partial charge in [-0.3, -0.25) is 23.9 Å². The molecule has 3 rings (SSSR count). The Bertz CT molecular complexity index is 1000. The van der Waals surface area contributed by atoms with Crippen LogP contribution in [0, 0.1) is 16.0 Å². The summed E-state index contributed by atoms with van der Waals surface area (Å²) in [5.74, 6) is -2.20. The highest BCUT2D eigenvalue weighted by atomic mass is 32.2. The highest BCUT2D eigenvalue weighted by Gasteiger charge is 2.57. The van der Waals surface area contributed by atoms with E-state index in [-0.39, 0.29) is 47.5 Å². The topological polar surface area (TPSA) is 156 Å². The Morgan fingerprint density at radius 2 is 2.03 bits per heavy atom. The van der Waals surface area contributed by atoms with Crippen LogP contribution in [0.15, 0.2) is 34.9 Å². The van der Waals surface area contributed by atoms with Crippen molar-refractivity contribution in [1.82, 2.24) is 10.2 Å². The second-order valence-electron chi connectivity index (χ2n) is 7.55. The number of esters is 1. The van der Waals surface area contributed by atoms with Gasteiger partial charge in [0.15, 0.2) is 0 Å². The molecule has 1 fully saturated rings. The molecule has 32 heavy (non-hydrogen) atoms. The van der Waals surface area contributed by atoms with E-state index in [1.54, 1.807) is 0 Å². The predicted molar refractivity (Wildman–Crippen MR) is 112 cm³/mol. The number of carbonyl (C=O) groups excluding carboxylic acids is 3. The van der Waals surface area contributed by atoms with Crippen molar-refractivity contribution < 1.29 is 33.4 Å². The van der Waals surface area contributed by atoms with Gasteiger partial charge in [-0.05, 0) is 24.6 Å². The van der Waals surface area contributed by atoms with Gasteiger partial charge in [-0.1, -0.05) is 0 Å². The van der Waals surface area contributed by atoms with Gasteiger partial charge in [0.1, 0.15) is 12.3 Å². The quantitative estimate of drug-likeness (QED) is 0.229. The molecular formula is C20H23N3O8S. The van der Waals surface area contributed by atoms with Crippen LogP contribution >= 0.6 is 0 Å². The second kappa shape index (κ2) is 9.57. The maximum absolute atomic E-state index is 12.9. The van der Waals surface area contributed by atoms with Gasteiger partial charge in [-0.2, -0.15) is 0 Å². The van der Waals surface area contributed by atoms with Crippen molar-refractivity contribution in [3.8, 4) is 0 Å². The number of aliphatic hydroxyl groups is 1. The number of amides is 2. The fraction of sp³-hybridized carbons (Fsp3) is 0.450. The summed E-state index contributed by atoms with van der Waals surface area (Å²) in [5, 5.41) is 23.2. The van der Waals surface area contributed by atoms with E-state index in [4.69, 9.17) is 4.74 Å². The molecule has 1 saturated heterocycles. The van der Waals surface area contributed by atoms with Crippen LogP contribution in [0.25, 0.3) is 0 Å². The zero-order valence-electron chi connectivity index (χ0n) is 17.5. The number of nitro groups is 1. The summed E-state index contributed by atoms with van der Waals surface area (Å²) in [7, 11) is -1.65. The first-order chi connectivity index (χ1) is 15.1. The van der Waals surface area contributed by atoms with E-state index in [0.29, 0.717) is 5.56 Å². The Morgan fingerprint density at radius 1 is 1.38 bits per heavy atom. The number of β-lactam (4-membered cyclic amide) rings is 1. The molecular weight excluding hydrogens is 442 g/mol. The SMILES string of the molecule is CC(=O)NCCS(=O)C1=C(C(=O)OCc2ccc([N+](=O)[O-])cc2)N2C(=O)C(C(C)O)C2C1. The first kappa shape index (κ1) is 23.5. The maximum Gasteiger partial charge on any atom is 0.356 e. The minimum absolute atomic E-state index is 0.0577. The molecule has 2 amide bonds. The summed E-state index contributed by atoms with van der Waals surface area (Å²) in [5.41, 5.74) is 0.304. The van der Waals surface area contributed by atoms with Gasteiger partial charge >= 0.3 is 5.97 Å². The van der Waals surface area contributed by atoms with Crippen molar-refractivity contribution in [2.45, 2.75) is 39.0 Å². The lowest BCUT2D eigenvalue weighted by molar-refractivity contribution is -0.384. The number of aliphatic hydroxyl groups excluding tert-OH is 1. The van der Waals surface area contributed by atoms with E-state index in [2.05, 4.69) is 5.32 Å². The van der Waals surface area contributed by atoms with Crippen LogP contribution in [0.1, 0.15) is 25.8 Å². The number of non-ortho nitro benzene ring substituents is 1. The summed E-state index contributed by atoms with van der Waals surface area (Å²) in [6, 6.07) is 4.97. The summed E-state index contributed by atoms with van der Waals surface area (Å²) < 4.78 is 18.2. The van der Waals surface area contributed by atoms with Crippen molar-refractivity contribution in [2.75, 3.05) is 12.3 Å². The van der Waals surface area contributed by atoms with Crippen molar-refractivity contribution in [2.24, 2.45) is 5.92 Å². The number of rotatable bonds is 9. The Hall–Kier alpha value is -3.12. The molecule has 11 nitrogen and oxygen atoms in total. The number of nitrogens with zero attached hydrogens (tertiary/aromatic N) is 2. The second-order valence-corrected chi connectivity index (χ2v) is 9.14. The van der Waals surface area contributed by atoms with E-state index >= 15 is 0 Å². The van der Waals surface area contributed by atoms with Gasteiger partial charge in [-0.15, -0.1) is 0 Å². The molecule has 0 radical (unpaired) electrons. The number of nitrogens with one attached hydrogen (secondary N) is 1. The predicted octanol–water partition coefficient (Wildman–Crippen LogP) is 0.346. The van der Waals surface area contributed by atoms with Crippen LogP contribution in [-0.4, -0.2) is 61.4 Å². The summed E-state index contributed by atoms with van der Waals surface area (Å²) in [6.07, 6.45) is -0.760. The van der Waals surface area contributed by atoms with Gasteiger partial charge in [-0.25, -0.2) is 4.79 Å². The summed E-state index contributed by atoms with van der Waals surface area (Å²) in [6.45, 7) is 2.75. The van der Waals surface area contributed by atoms with Gasteiger partial charge in [0.2, 0.25) is 11.8 Å². The third-order valence-electron chi connectivity index (χ3n) is 5.33. The molecule has 1 aromatic carbocycles. The molecule has 1 aromatic rings. The van der Waals surface area contributed by atoms with Crippen molar-refractivity contribution in [3.05, 3.63) is 50.5 Å². The van der Waals surface area contributed by atoms with Crippen LogP contribution in [0.3, 0.4) is 0 Å². The van der Waals surface area contributed by atoms with Crippen LogP contribution < -0.4 is 5.32 Å². The molecule has 2 aliphatic heterocycles. The number of carbonyl (C=O) groups is 3. The molecule has 2 heterocycles. The molecule has 0 spiro atoms. The standard InChI is InChI=1S/C20H23N3O8S/c1-11(24)17-15-9-16(32(30)8-7-21-12(2)25)18(22(15)19(17)26)20(27)31-10-13-3-5-14(6-4-13)23(28)29/h3-6,11,15,17,24H,7-10H2,1-2H3,(H,21,25). The summed E-state index contributed by atoms with van der Waals surface area (Å²) >= 11 is 0. The Kier molecular flexibility index (Phi) is 7.04. The lowest BCUT2D eigenvalue weighted by Gasteiger charge is -2.44. The zero-order valence-corrected chi connectivity index (χ0v) is 18.3. The lowest BCUT2D eigenvalue weighted by atomic mass is 9.83. The average Bonchev–Trinajstić information content (AvgIpc) is 3.06. The number of hydrogen-bond acceptors (Lipinski definition) is 8. The van der Waals surface area contributed by atoms with Gasteiger partial charge in [0.05, 0.1) is 33.8 Å². The zero-order chi connectivity index (χ0) is 23.6. The first-order valence-electron chi connectivity index (χ1n) is 9.89. The molecule has 2 aliphatic rings. The Labute approximate surface area is 186 Å². The molecule has 2 N–H and O–H groups in total. The largest absolute Gasteiger partial charge is 0.456 e. The lowest BCUT2D eigenvalue weighted by Crippen LogP contribution is -2.61. The number of ether oxygens (including phenoxy) is 1. The third kappa shape index (κ3) is 4.70. The number of nitro benzene ring substituents is 1. The minimum Gasteiger partial charge on any atom is -0.456 e. The van der Waals surface area contributed by atoms with Crippen molar-refractivity contribution in [1.29, 1.82) is 0 Å². The molecule has 4 unspecified atom stereocenters. The van der Waals surface area contributed by atoms with Gasteiger partial charge in [0, 0.05) is 42.7 Å². The molecule has 0 aromatic heterocycles. The normalized spacial score (nSPS) is 21.5. The Morgan fingerprint density at radius 3 is 2.59 bits per heavy atom. The minimum atomic E-state index is -1.65. The van der Waals surface area contributed by atoms with E-state index in [1.807, 2.05) is 0 Å². The van der Waals surface area contributed by atoms with E-state index in [9.17, 15) is 33.8 Å². The monoisotopic (exact) mass is 465 g/mol. The van der Waals surface area contributed by atoms with Crippen molar-refractivity contribution >= 4 is 34.3 Å². The fourth-order valence-corrected chi connectivity index (χ4v) is 5.09. The molecule has 172 valence electrons. The highest BCUT2D eigenvalue weighted by Crippen LogP contribution is 2.45. The maximum atomic E-state index is 12.9. The van der Waals surface area contributed by atoms with Crippen LogP contribution in [0.4, 0.5) is 5.69 Å². The van der Waals surface area contributed by atoms with Crippen LogP contribution in [0.5, 0.6) is 0 Å². The molecule has 0 saturated carbocycles. The summed E-state index contributed by atoms with van der Waals surface area (Å²) in [4.78, 5) is 48.1. The van der Waals surface area contributed by atoms with Crippen LogP contribution in [0.2, 0.25) is 0 Å². The molecule has 4 atom stereocenters. The van der Waals surface area contributed by atoms with Crippen molar-refractivity contribution in [3.63, 3.8) is 0 Å². The number of benzene rings is 1. The molecule has 12 heteroatoms. The molecule has 0 aliphatic carbocycles. The third-order valence-corrected chi connectivity index (χ3v) is 6.82.